The normalized spacial score (nSPS) is 14.4. The lowest BCUT2D eigenvalue weighted by atomic mass is 10.2. The van der Waals surface area contributed by atoms with E-state index in [4.69, 9.17) is 0 Å². The molecule has 5 heteroatoms. The lowest BCUT2D eigenvalue weighted by Crippen LogP contribution is -2.46. The number of imidazole rings is 1. The van der Waals surface area contributed by atoms with Gasteiger partial charge in [0.1, 0.15) is 0 Å². The molecule has 0 saturated carbocycles. The van der Waals surface area contributed by atoms with Crippen LogP contribution >= 0.6 is 0 Å². The molecule has 2 unspecified atom stereocenters. The predicted octanol–water partition coefficient (Wildman–Crippen LogP) is 0.386. The summed E-state index contributed by atoms with van der Waals surface area (Å²) in [6.45, 7) is 7.31. The molecule has 1 aromatic heterocycles. The van der Waals surface area contributed by atoms with Crippen molar-refractivity contribution in [1.82, 2.24) is 20.2 Å². The molecule has 0 aromatic carbocycles. The molecule has 90 valence electrons. The molecule has 0 spiro atoms. The predicted molar refractivity (Wildman–Crippen MR) is 63.0 cm³/mol. The summed E-state index contributed by atoms with van der Waals surface area (Å²) in [7, 11) is 0. The zero-order valence-corrected chi connectivity index (χ0v) is 10.1. The van der Waals surface area contributed by atoms with Gasteiger partial charge < -0.3 is 15.2 Å². The largest absolute Gasteiger partial charge is 0.355 e. The molecule has 0 bridgehead atoms. The van der Waals surface area contributed by atoms with Gasteiger partial charge >= 0.3 is 0 Å². The molecular formula is C11H20N4O. The summed E-state index contributed by atoms with van der Waals surface area (Å²) in [6.07, 6.45) is 5.43. The molecule has 1 amide bonds. The van der Waals surface area contributed by atoms with E-state index in [-0.39, 0.29) is 18.0 Å². The topological polar surface area (TPSA) is 59.0 Å². The van der Waals surface area contributed by atoms with E-state index in [0.29, 0.717) is 6.54 Å². The smallest absolute Gasteiger partial charge is 0.236 e. The number of hydrogen-bond acceptors (Lipinski definition) is 3. The minimum absolute atomic E-state index is 0.0416. The van der Waals surface area contributed by atoms with Crippen LogP contribution in [-0.4, -0.2) is 34.1 Å². The van der Waals surface area contributed by atoms with Crippen LogP contribution in [0.15, 0.2) is 18.7 Å². The highest BCUT2D eigenvalue weighted by molar-refractivity contribution is 5.81. The first-order valence-electron chi connectivity index (χ1n) is 5.63. The lowest BCUT2D eigenvalue weighted by Gasteiger charge is -2.19. The van der Waals surface area contributed by atoms with E-state index in [1.165, 1.54) is 0 Å². The van der Waals surface area contributed by atoms with Crippen molar-refractivity contribution in [3.05, 3.63) is 18.7 Å². The van der Waals surface area contributed by atoms with Crippen LogP contribution in [0.4, 0.5) is 0 Å². The van der Waals surface area contributed by atoms with Gasteiger partial charge in [-0.3, -0.25) is 4.79 Å². The Balaban J connectivity index is 2.33. The molecule has 1 aromatic rings. The number of carbonyl (C=O) groups is 1. The lowest BCUT2D eigenvalue weighted by molar-refractivity contribution is -0.122. The number of likely N-dealkylation sites (N-methyl/N-ethyl adjacent to an activating group) is 1. The minimum atomic E-state index is -0.168. The van der Waals surface area contributed by atoms with E-state index in [9.17, 15) is 4.79 Å². The summed E-state index contributed by atoms with van der Waals surface area (Å²) in [5.74, 6) is 0.0416. The summed E-state index contributed by atoms with van der Waals surface area (Å²) in [5, 5.41) is 6.03. The molecule has 0 aliphatic rings. The van der Waals surface area contributed by atoms with Crippen molar-refractivity contribution in [2.75, 3.05) is 6.54 Å². The van der Waals surface area contributed by atoms with Crippen LogP contribution in [0.3, 0.4) is 0 Å². The van der Waals surface area contributed by atoms with Gasteiger partial charge in [-0.2, -0.15) is 0 Å². The van der Waals surface area contributed by atoms with Crippen molar-refractivity contribution in [3.63, 3.8) is 0 Å². The van der Waals surface area contributed by atoms with Crippen LogP contribution in [0.25, 0.3) is 0 Å². The van der Waals surface area contributed by atoms with Crippen molar-refractivity contribution < 1.29 is 4.79 Å². The average Bonchev–Trinajstić information content (AvgIpc) is 2.70. The van der Waals surface area contributed by atoms with Crippen molar-refractivity contribution in [2.24, 2.45) is 0 Å². The van der Waals surface area contributed by atoms with E-state index < -0.39 is 0 Å². The van der Waals surface area contributed by atoms with Gasteiger partial charge in [0.05, 0.1) is 12.4 Å². The molecule has 2 atom stereocenters. The maximum atomic E-state index is 11.5. The average molecular weight is 224 g/mol. The maximum absolute atomic E-state index is 11.5. The van der Waals surface area contributed by atoms with Crippen LogP contribution < -0.4 is 10.6 Å². The highest BCUT2D eigenvalue weighted by Gasteiger charge is 2.14. The van der Waals surface area contributed by atoms with Gasteiger partial charge in [0.15, 0.2) is 0 Å². The second-order valence-corrected chi connectivity index (χ2v) is 3.94. The van der Waals surface area contributed by atoms with Gasteiger partial charge in [-0.15, -0.1) is 0 Å². The van der Waals surface area contributed by atoms with Gasteiger partial charge in [-0.05, 0) is 20.8 Å². The molecule has 0 saturated heterocycles. The third-order valence-electron chi connectivity index (χ3n) is 2.32. The molecule has 5 nitrogen and oxygen atoms in total. The standard InChI is InChI=1S/C11H20N4O/c1-4-13-11(16)10(3)14-9(2)7-15-6-5-12-8-15/h5-6,8-10,14H,4,7H2,1-3H3,(H,13,16). The zero-order chi connectivity index (χ0) is 12.0. The molecule has 0 radical (unpaired) electrons. The van der Waals surface area contributed by atoms with Gasteiger partial charge in [0.25, 0.3) is 0 Å². The number of amides is 1. The van der Waals surface area contributed by atoms with Crippen LogP contribution in [0.5, 0.6) is 0 Å². The zero-order valence-electron chi connectivity index (χ0n) is 10.1. The first-order valence-corrected chi connectivity index (χ1v) is 5.63. The molecule has 0 aliphatic carbocycles. The monoisotopic (exact) mass is 224 g/mol. The Kier molecular flexibility index (Phi) is 4.98. The summed E-state index contributed by atoms with van der Waals surface area (Å²) < 4.78 is 1.99. The summed E-state index contributed by atoms with van der Waals surface area (Å²) >= 11 is 0. The first-order chi connectivity index (χ1) is 7.63. The third kappa shape index (κ3) is 4.02. The number of nitrogens with zero attached hydrogens (tertiary/aromatic N) is 2. The van der Waals surface area contributed by atoms with E-state index in [1.54, 1.807) is 12.5 Å². The minimum Gasteiger partial charge on any atom is -0.355 e. The fourth-order valence-electron chi connectivity index (χ4n) is 1.59. The second kappa shape index (κ2) is 6.27. The van der Waals surface area contributed by atoms with Crippen LogP contribution in [0.2, 0.25) is 0 Å². The molecule has 1 rings (SSSR count). The van der Waals surface area contributed by atoms with Gasteiger partial charge in [-0.25, -0.2) is 4.98 Å². The fourth-order valence-corrected chi connectivity index (χ4v) is 1.59. The Hall–Kier alpha value is -1.36. The van der Waals surface area contributed by atoms with Gasteiger partial charge in [-0.1, -0.05) is 0 Å². The van der Waals surface area contributed by atoms with Crippen molar-refractivity contribution in [2.45, 2.75) is 39.4 Å². The van der Waals surface area contributed by atoms with Crippen LogP contribution in [-0.2, 0) is 11.3 Å². The summed E-state index contributed by atoms with van der Waals surface area (Å²) in [5.41, 5.74) is 0. The SMILES string of the molecule is CCNC(=O)C(C)NC(C)Cn1ccnc1. The van der Waals surface area contributed by atoms with Crippen molar-refractivity contribution in [3.8, 4) is 0 Å². The van der Waals surface area contributed by atoms with E-state index >= 15 is 0 Å². The number of hydrogen-bond donors (Lipinski definition) is 2. The number of aromatic nitrogens is 2. The fraction of sp³-hybridized carbons (Fsp3) is 0.636. The number of carbonyl (C=O) groups excluding carboxylic acids is 1. The van der Waals surface area contributed by atoms with Crippen LogP contribution in [0.1, 0.15) is 20.8 Å². The highest BCUT2D eigenvalue weighted by atomic mass is 16.2. The Morgan fingerprint density at radius 2 is 2.25 bits per heavy atom. The molecular weight excluding hydrogens is 204 g/mol. The van der Waals surface area contributed by atoms with E-state index in [1.807, 2.05) is 24.6 Å². The van der Waals surface area contributed by atoms with E-state index in [0.717, 1.165) is 6.54 Å². The Labute approximate surface area is 96.3 Å². The summed E-state index contributed by atoms with van der Waals surface area (Å²) in [4.78, 5) is 15.5. The quantitative estimate of drug-likeness (QED) is 0.734. The Bertz CT molecular complexity index is 310. The molecule has 16 heavy (non-hydrogen) atoms. The van der Waals surface area contributed by atoms with Crippen LogP contribution in [0, 0.1) is 0 Å². The van der Waals surface area contributed by atoms with Gasteiger partial charge in [0.2, 0.25) is 5.91 Å². The third-order valence-corrected chi connectivity index (χ3v) is 2.32. The molecule has 1 heterocycles. The van der Waals surface area contributed by atoms with Gasteiger partial charge in [0, 0.05) is 31.5 Å². The number of rotatable bonds is 6. The second-order valence-electron chi connectivity index (χ2n) is 3.94. The molecule has 0 aliphatic heterocycles. The van der Waals surface area contributed by atoms with E-state index in [2.05, 4.69) is 22.5 Å². The molecule has 0 fully saturated rings. The maximum Gasteiger partial charge on any atom is 0.236 e. The Morgan fingerprint density at radius 1 is 1.50 bits per heavy atom. The summed E-state index contributed by atoms with van der Waals surface area (Å²) in [6, 6.07) is 0.0604. The first kappa shape index (κ1) is 12.7. The molecule has 2 N–H and O–H groups in total. The van der Waals surface area contributed by atoms with Crippen molar-refractivity contribution in [1.29, 1.82) is 0 Å². The Morgan fingerprint density at radius 3 is 2.81 bits per heavy atom. The van der Waals surface area contributed by atoms with Crippen molar-refractivity contribution >= 4 is 5.91 Å². The number of nitrogens with one attached hydrogen (secondary N) is 2. The highest BCUT2D eigenvalue weighted by Crippen LogP contribution is 1.94.